The monoisotopic (exact) mass is 315 g/mol. The van der Waals surface area contributed by atoms with Gasteiger partial charge in [-0.25, -0.2) is 4.98 Å². The summed E-state index contributed by atoms with van der Waals surface area (Å²) in [5.41, 5.74) is 1.04. The number of amides is 1. The molecule has 0 bridgehead atoms. The van der Waals surface area contributed by atoms with Gasteiger partial charge in [0.05, 0.1) is 11.1 Å². The average molecular weight is 316 g/mol. The first-order valence-corrected chi connectivity index (χ1v) is 7.59. The number of carbonyl (C=O) groups excluding carboxylic acids is 1. The van der Waals surface area contributed by atoms with Crippen molar-refractivity contribution in [1.82, 2.24) is 10.3 Å². The maximum absolute atomic E-state index is 12.6. The Morgan fingerprint density at radius 1 is 1.55 bits per heavy atom. The highest BCUT2D eigenvalue weighted by molar-refractivity contribution is 6.34. The zero-order valence-electron chi connectivity index (χ0n) is 11.7. The second kappa shape index (κ2) is 6.29. The smallest absolute Gasteiger partial charge is 0.232 e. The number of hydrogen-bond acceptors (Lipinski definition) is 3. The third kappa shape index (κ3) is 3.08. The highest BCUT2D eigenvalue weighted by Crippen LogP contribution is 2.34. The van der Waals surface area contributed by atoms with E-state index in [2.05, 4.69) is 22.5 Å². The first-order chi connectivity index (χ1) is 9.48. The Hall–Kier alpha value is -0.840. The summed E-state index contributed by atoms with van der Waals surface area (Å²) in [6.07, 6.45) is 2.69. The van der Waals surface area contributed by atoms with Crippen molar-refractivity contribution in [3.63, 3.8) is 0 Å². The lowest BCUT2D eigenvalue weighted by Crippen LogP contribution is -2.38. The Morgan fingerprint density at radius 2 is 2.30 bits per heavy atom. The molecule has 6 heteroatoms. The molecular formula is C14H19Cl2N3O. The van der Waals surface area contributed by atoms with Gasteiger partial charge in [0, 0.05) is 6.54 Å². The molecule has 1 atom stereocenters. The molecule has 110 valence electrons. The molecule has 20 heavy (non-hydrogen) atoms. The number of hydrogen-bond donors (Lipinski definition) is 2. The van der Waals surface area contributed by atoms with E-state index < -0.39 is 0 Å². The molecule has 0 spiro atoms. The molecule has 4 nitrogen and oxygen atoms in total. The van der Waals surface area contributed by atoms with Crippen molar-refractivity contribution in [1.29, 1.82) is 0 Å². The summed E-state index contributed by atoms with van der Waals surface area (Å²) < 4.78 is 0. The number of nitrogens with zero attached hydrogens (tertiary/aromatic N) is 1. The molecular weight excluding hydrogens is 297 g/mol. The summed E-state index contributed by atoms with van der Waals surface area (Å²) in [5.74, 6) is 0.0125. The number of pyridine rings is 1. The van der Waals surface area contributed by atoms with Crippen LogP contribution in [0.5, 0.6) is 0 Å². The number of aryl methyl sites for hydroxylation is 1. The van der Waals surface area contributed by atoms with Crippen molar-refractivity contribution in [2.24, 2.45) is 5.41 Å². The van der Waals surface area contributed by atoms with Gasteiger partial charge in [0.2, 0.25) is 5.91 Å². The molecule has 1 aliphatic heterocycles. The summed E-state index contributed by atoms with van der Waals surface area (Å²) in [6.45, 7) is 5.53. The molecule has 0 radical (unpaired) electrons. The van der Waals surface area contributed by atoms with Gasteiger partial charge < -0.3 is 10.6 Å². The molecule has 1 saturated heterocycles. The normalized spacial score (nSPS) is 22.0. The standard InChI is InChI=1S/C14H19Cl2N3O/c1-3-4-14(5-6-17-8-14)13(20)19-11-9(2)7-10(15)18-12(11)16/h7,17H,3-6,8H2,1-2H3,(H,19,20). The first kappa shape index (κ1) is 15.5. The minimum absolute atomic E-state index is 0.0125. The topological polar surface area (TPSA) is 54.0 Å². The zero-order chi connectivity index (χ0) is 14.8. The van der Waals surface area contributed by atoms with E-state index in [-0.39, 0.29) is 16.5 Å². The van der Waals surface area contributed by atoms with Crippen molar-refractivity contribution in [3.05, 3.63) is 21.9 Å². The van der Waals surface area contributed by atoms with E-state index in [1.807, 2.05) is 6.92 Å². The molecule has 0 saturated carbocycles. The maximum Gasteiger partial charge on any atom is 0.232 e. The lowest BCUT2D eigenvalue weighted by molar-refractivity contribution is -0.125. The third-order valence-corrected chi connectivity index (χ3v) is 4.30. The van der Waals surface area contributed by atoms with Gasteiger partial charge in [-0.15, -0.1) is 0 Å². The van der Waals surface area contributed by atoms with E-state index in [0.29, 0.717) is 17.4 Å². The van der Waals surface area contributed by atoms with Crippen molar-refractivity contribution in [3.8, 4) is 0 Å². The fourth-order valence-corrected chi connectivity index (χ4v) is 3.31. The van der Waals surface area contributed by atoms with Gasteiger partial charge in [-0.3, -0.25) is 4.79 Å². The predicted octanol–water partition coefficient (Wildman–Crippen LogP) is 3.42. The SMILES string of the molecule is CCCC1(C(=O)Nc2c(C)cc(Cl)nc2Cl)CCNC1. The lowest BCUT2D eigenvalue weighted by Gasteiger charge is -2.27. The highest BCUT2D eigenvalue weighted by Gasteiger charge is 2.40. The van der Waals surface area contributed by atoms with Crippen LogP contribution < -0.4 is 10.6 Å². The molecule has 0 aliphatic carbocycles. The van der Waals surface area contributed by atoms with Crippen LogP contribution in [-0.2, 0) is 4.79 Å². The predicted molar refractivity (Wildman–Crippen MR) is 82.5 cm³/mol. The van der Waals surface area contributed by atoms with Crippen molar-refractivity contribution < 1.29 is 4.79 Å². The van der Waals surface area contributed by atoms with Crippen LogP contribution in [0.4, 0.5) is 5.69 Å². The van der Waals surface area contributed by atoms with Crippen LogP contribution in [0.3, 0.4) is 0 Å². The quantitative estimate of drug-likeness (QED) is 0.837. The molecule has 1 fully saturated rings. The Kier molecular flexibility index (Phi) is 4.89. The Morgan fingerprint density at radius 3 is 2.85 bits per heavy atom. The molecule has 2 N–H and O–H groups in total. The summed E-state index contributed by atoms with van der Waals surface area (Å²) in [7, 11) is 0. The number of nitrogens with one attached hydrogen (secondary N) is 2. The van der Waals surface area contributed by atoms with Gasteiger partial charge >= 0.3 is 0 Å². The van der Waals surface area contributed by atoms with Crippen molar-refractivity contribution in [2.45, 2.75) is 33.1 Å². The van der Waals surface area contributed by atoms with E-state index >= 15 is 0 Å². The summed E-state index contributed by atoms with van der Waals surface area (Å²) in [6, 6.07) is 1.70. The average Bonchev–Trinajstić information content (AvgIpc) is 2.83. The van der Waals surface area contributed by atoms with Crippen LogP contribution in [0.15, 0.2) is 6.07 Å². The van der Waals surface area contributed by atoms with Gasteiger partial charge in [0.25, 0.3) is 0 Å². The highest BCUT2D eigenvalue weighted by atomic mass is 35.5. The molecule has 2 heterocycles. The van der Waals surface area contributed by atoms with Crippen LogP contribution in [0, 0.1) is 12.3 Å². The van der Waals surface area contributed by atoms with E-state index in [1.54, 1.807) is 6.07 Å². The number of aromatic nitrogens is 1. The van der Waals surface area contributed by atoms with E-state index in [1.165, 1.54) is 0 Å². The molecule has 1 amide bonds. The van der Waals surface area contributed by atoms with Crippen LogP contribution in [0.1, 0.15) is 31.7 Å². The van der Waals surface area contributed by atoms with Gasteiger partial charge in [0.1, 0.15) is 5.15 Å². The number of halogens is 2. The fraction of sp³-hybridized carbons (Fsp3) is 0.571. The zero-order valence-corrected chi connectivity index (χ0v) is 13.2. The largest absolute Gasteiger partial charge is 0.323 e. The Balaban J connectivity index is 2.23. The Bertz CT molecular complexity index is 490. The van der Waals surface area contributed by atoms with Gasteiger partial charge in [-0.2, -0.15) is 0 Å². The second-order valence-electron chi connectivity index (χ2n) is 5.34. The minimum atomic E-state index is -0.343. The molecule has 2 rings (SSSR count). The molecule has 1 unspecified atom stereocenters. The van der Waals surface area contributed by atoms with Crippen molar-refractivity contribution in [2.75, 3.05) is 18.4 Å². The van der Waals surface area contributed by atoms with Gasteiger partial charge in [-0.1, -0.05) is 36.5 Å². The van der Waals surface area contributed by atoms with Crippen LogP contribution in [0.25, 0.3) is 0 Å². The molecule has 0 aromatic carbocycles. The number of carbonyl (C=O) groups is 1. The maximum atomic E-state index is 12.6. The first-order valence-electron chi connectivity index (χ1n) is 6.83. The van der Waals surface area contributed by atoms with Crippen LogP contribution >= 0.6 is 23.2 Å². The minimum Gasteiger partial charge on any atom is -0.323 e. The summed E-state index contributed by atoms with van der Waals surface area (Å²) in [4.78, 5) is 16.6. The number of rotatable bonds is 4. The van der Waals surface area contributed by atoms with Crippen molar-refractivity contribution >= 4 is 34.8 Å². The Labute approximate surface area is 129 Å². The van der Waals surface area contributed by atoms with E-state index in [0.717, 1.165) is 31.4 Å². The fourth-order valence-electron chi connectivity index (χ4n) is 2.73. The molecule has 1 aromatic heterocycles. The molecule has 1 aromatic rings. The van der Waals surface area contributed by atoms with E-state index in [4.69, 9.17) is 23.2 Å². The molecule has 1 aliphatic rings. The summed E-state index contributed by atoms with van der Waals surface area (Å²) >= 11 is 11.9. The van der Waals surface area contributed by atoms with E-state index in [9.17, 15) is 4.79 Å². The van der Waals surface area contributed by atoms with Crippen LogP contribution in [0.2, 0.25) is 10.3 Å². The van der Waals surface area contributed by atoms with Crippen LogP contribution in [-0.4, -0.2) is 24.0 Å². The summed E-state index contributed by atoms with van der Waals surface area (Å²) in [5, 5.41) is 6.78. The number of anilines is 1. The lowest BCUT2D eigenvalue weighted by atomic mass is 9.81. The third-order valence-electron chi connectivity index (χ3n) is 3.83. The van der Waals surface area contributed by atoms with Gasteiger partial charge in [0.15, 0.2) is 5.15 Å². The van der Waals surface area contributed by atoms with Gasteiger partial charge in [-0.05, 0) is 37.9 Å². The second-order valence-corrected chi connectivity index (χ2v) is 6.08.